The van der Waals surface area contributed by atoms with E-state index in [1.165, 1.54) is 5.56 Å². The van der Waals surface area contributed by atoms with Crippen molar-refractivity contribution >= 4 is 11.8 Å². The summed E-state index contributed by atoms with van der Waals surface area (Å²) >= 11 is 0. The van der Waals surface area contributed by atoms with E-state index in [4.69, 9.17) is 5.73 Å². The number of carboxylic acid groups (broad SMARTS) is 1. The Labute approximate surface area is 145 Å². The zero-order chi connectivity index (χ0) is 18.1. The van der Waals surface area contributed by atoms with E-state index in [0.29, 0.717) is 18.9 Å². The third kappa shape index (κ3) is 6.83. The molecule has 1 aromatic rings. The molecule has 0 bridgehead atoms. The number of nitrogens with two attached hydrogens (primary N) is 1. The molecule has 0 aliphatic carbocycles. The number of Topliss-reactive ketones (excluding diaryl/α,β-unsaturated/α-hetero) is 1. The van der Waals surface area contributed by atoms with Crippen molar-refractivity contribution in [3.05, 3.63) is 35.4 Å². The molecule has 0 aliphatic heterocycles. The fraction of sp³-hybridized carbons (Fsp3) is 0.600. The summed E-state index contributed by atoms with van der Waals surface area (Å²) in [4.78, 5) is 23.8. The summed E-state index contributed by atoms with van der Waals surface area (Å²) in [6, 6.07) is 8.11. The number of ketones is 1. The van der Waals surface area contributed by atoms with Crippen molar-refractivity contribution < 1.29 is 14.7 Å². The molecule has 2 atom stereocenters. The Morgan fingerprint density at radius 3 is 2.21 bits per heavy atom. The van der Waals surface area contributed by atoms with Gasteiger partial charge in [0.2, 0.25) is 0 Å². The third-order valence-corrected chi connectivity index (χ3v) is 4.41. The van der Waals surface area contributed by atoms with Crippen LogP contribution in [0.3, 0.4) is 0 Å². The lowest BCUT2D eigenvalue weighted by Crippen LogP contribution is -2.21. The maximum atomic E-state index is 12.5. The molecule has 0 radical (unpaired) electrons. The van der Waals surface area contributed by atoms with Crippen LogP contribution < -0.4 is 5.73 Å². The van der Waals surface area contributed by atoms with E-state index in [9.17, 15) is 14.7 Å². The number of carbonyl (C=O) groups is 2. The van der Waals surface area contributed by atoms with Crippen molar-refractivity contribution in [1.82, 2.24) is 0 Å². The number of benzene rings is 1. The van der Waals surface area contributed by atoms with Crippen LogP contribution in [-0.4, -0.2) is 23.4 Å². The first kappa shape index (κ1) is 20.4. The van der Waals surface area contributed by atoms with E-state index in [1.54, 1.807) is 0 Å². The van der Waals surface area contributed by atoms with E-state index in [-0.39, 0.29) is 18.1 Å². The van der Waals surface area contributed by atoms with Gasteiger partial charge in [0.25, 0.3) is 0 Å². The molecule has 134 valence electrons. The molecule has 0 spiro atoms. The van der Waals surface area contributed by atoms with Gasteiger partial charge in [-0.2, -0.15) is 0 Å². The Balaban J connectivity index is 2.66. The first-order valence-electron chi connectivity index (χ1n) is 8.89. The number of carbonyl (C=O) groups excluding carboxylic acids is 1. The van der Waals surface area contributed by atoms with E-state index in [1.807, 2.05) is 19.1 Å². The minimum absolute atomic E-state index is 0.00763. The molecule has 4 heteroatoms. The number of carboxylic acids is 1. The molecule has 0 amide bonds. The molecule has 1 aromatic carbocycles. The van der Waals surface area contributed by atoms with E-state index < -0.39 is 11.9 Å². The van der Waals surface area contributed by atoms with Crippen molar-refractivity contribution in [3.63, 3.8) is 0 Å². The van der Waals surface area contributed by atoms with Gasteiger partial charge in [-0.05, 0) is 42.9 Å². The highest BCUT2D eigenvalue weighted by Crippen LogP contribution is 2.23. The first-order valence-corrected chi connectivity index (χ1v) is 8.89. The topological polar surface area (TPSA) is 80.4 Å². The molecule has 0 saturated carbocycles. The Bertz CT molecular complexity index is 522. The summed E-state index contributed by atoms with van der Waals surface area (Å²) in [6.45, 7) is 6.77. The van der Waals surface area contributed by atoms with Crippen molar-refractivity contribution in [3.8, 4) is 0 Å². The van der Waals surface area contributed by atoms with E-state index in [0.717, 1.165) is 24.8 Å². The average molecular weight is 333 g/mol. The Hall–Kier alpha value is -1.68. The molecule has 1 unspecified atom stereocenters. The summed E-state index contributed by atoms with van der Waals surface area (Å²) in [7, 11) is 0. The fourth-order valence-corrected chi connectivity index (χ4v) is 2.87. The number of rotatable bonds is 11. The molecule has 1 rings (SSSR count). The number of unbranched alkanes of at least 4 members (excludes halogenated alkanes) is 1. The van der Waals surface area contributed by atoms with E-state index in [2.05, 4.69) is 26.0 Å². The van der Waals surface area contributed by atoms with Crippen LogP contribution in [0.15, 0.2) is 24.3 Å². The lowest BCUT2D eigenvalue weighted by molar-refractivity contribution is -0.144. The number of hydrogen-bond acceptors (Lipinski definition) is 3. The Morgan fingerprint density at radius 1 is 1.08 bits per heavy atom. The minimum Gasteiger partial charge on any atom is -0.481 e. The van der Waals surface area contributed by atoms with Gasteiger partial charge in [0.05, 0.1) is 5.92 Å². The molecule has 0 fully saturated rings. The first-order chi connectivity index (χ1) is 11.3. The highest BCUT2D eigenvalue weighted by atomic mass is 16.4. The van der Waals surface area contributed by atoms with Gasteiger partial charge >= 0.3 is 5.97 Å². The predicted molar refractivity (Wildman–Crippen MR) is 97.1 cm³/mol. The summed E-state index contributed by atoms with van der Waals surface area (Å²) in [5, 5.41) is 9.31. The summed E-state index contributed by atoms with van der Waals surface area (Å²) in [6.07, 6.45) is 3.17. The maximum Gasteiger partial charge on any atom is 0.306 e. The van der Waals surface area contributed by atoms with Crippen LogP contribution in [0.4, 0.5) is 0 Å². The van der Waals surface area contributed by atoms with Crippen LogP contribution >= 0.6 is 0 Å². The second kappa shape index (κ2) is 10.2. The quantitative estimate of drug-likeness (QED) is 0.604. The van der Waals surface area contributed by atoms with Crippen molar-refractivity contribution in [1.29, 1.82) is 0 Å². The molecule has 3 N–H and O–H groups in total. The Morgan fingerprint density at radius 2 is 1.71 bits per heavy atom. The van der Waals surface area contributed by atoms with Gasteiger partial charge in [0.15, 0.2) is 0 Å². The highest BCUT2D eigenvalue weighted by molar-refractivity contribution is 5.88. The molecular weight excluding hydrogens is 302 g/mol. The summed E-state index contributed by atoms with van der Waals surface area (Å²) in [5.74, 6) is -1.17. The molecule has 0 heterocycles. The second-order valence-electron chi connectivity index (χ2n) is 7.05. The lowest BCUT2D eigenvalue weighted by Gasteiger charge is -2.16. The van der Waals surface area contributed by atoms with Crippen LogP contribution in [0.2, 0.25) is 0 Å². The van der Waals surface area contributed by atoms with Gasteiger partial charge in [-0.25, -0.2) is 0 Å². The van der Waals surface area contributed by atoms with Gasteiger partial charge < -0.3 is 10.8 Å². The summed E-state index contributed by atoms with van der Waals surface area (Å²) < 4.78 is 0. The number of aliphatic carboxylic acids is 1. The standard InChI is InChI=1S/C20H31NO3/c1-14(2)12-16-7-9-17(10-8-16)15(3)19(22)13-18(20(23)24)6-4-5-11-21/h7-10,14-15,18H,4-6,11-13,21H2,1-3H3,(H,23,24)/t15-,18?/m1/s1. The smallest absolute Gasteiger partial charge is 0.306 e. The molecule has 24 heavy (non-hydrogen) atoms. The van der Waals surface area contributed by atoms with Crippen LogP contribution in [0, 0.1) is 11.8 Å². The SMILES string of the molecule is CC(C)Cc1ccc([C@@H](C)C(=O)CC(CCCCN)C(=O)O)cc1. The molecule has 4 nitrogen and oxygen atoms in total. The third-order valence-electron chi connectivity index (χ3n) is 4.41. The van der Waals surface area contributed by atoms with Gasteiger partial charge in [-0.3, -0.25) is 9.59 Å². The second-order valence-corrected chi connectivity index (χ2v) is 7.05. The zero-order valence-electron chi connectivity index (χ0n) is 15.1. The average Bonchev–Trinajstić information content (AvgIpc) is 2.53. The van der Waals surface area contributed by atoms with Crippen LogP contribution in [0.5, 0.6) is 0 Å². The lowest BCUT2D eigenvalue weighted by atomic mass is 9.87. The molecule has 0 aromatic heterocycles. The van der Waals surface area contributed by atoms with Crippen molar-refractivity contribution in [2.24, 2.45) is 17.6 Å². The normalized spacial score (nSPS) is 13.7. The van der Waals surface area contributed by atoms with Crippen LogP contribution in [-0.2, 0) is 16.0 Å². The largest absolute Gasteiger partial charge is 0.481 e. The minimum atomic E-state index is -0.889. The number of hydrogen-bond donors (Lipinski definition) is 2. The fourth-order valence-electron chi connectivity index (χ4n) is 2.87. The predicted octanol–water partition coefficient (Wildman–Crippen LogP) is 3.78. The van der Waals surface area contributed by atoms with Gasteiger partial charge in [0.1, 0.15) is 5.78 Å². The zero-order valence-corrected chi connectivity index (χ0v) is 15.1. The molecule has 0 aliphatic rings. The maximum absolute atomic E-state index is 12.5. The van der Waals surface area contributed by atoms with Gasteiger partial charge in [0, 0.05) is 12.3 Å². The Kier molecular flexibility index (Phi) is 8.69. The van der Waals surface area contributed by atoms with Crippen LogP contribution in [0.1, 0.15) is 63.5 Å². The van der Waals surface area contributed by atoms with Crippen molar-refractivity contribution in [2.45, 2.75) is 58.8 Å². The molecule has 0 saturated heterocycles. The molecular formula is C20H31NO3. The van der Waals surface area contributed by atoms with Gasteiger partial charge in [-0.15, -0.1) is 0 Å². The summed E-state index contributed by atoms with van der Waals surface area (Å²) in [5.41, 5.74) is 7.66. The highest BCUT2D eigenvalue weighted by Gasteiger charge is 2.24. The van der Waals surface area contributed by atoms with Crippen LogP contribution in [0.25, 0.3) is 0 Å². The van der Waals surface area contributed by atoms with Gasteiger partial charge in [-0.1, -0.05) is 51.5 Å². The van der Waals surface area contributed by atoms with E-state index >= 15 is 0 Å². The monoisotopic (exact) mass is 333 g/mol. The van der Waals surface area contributed by atoms with Crippen molar-refractivity contribution in [2.75, 3.05) is 6.54 Å².